The summed E-state index contributed by atoms with van der Waals surface area (Å²) in [5, 5.41) is 12.5. The Labute approximate surface area is 172 Å². The Morgan fingerprint density at radius 3 is 2.75 bits per heavy atom. The minimum absolute atomic E-state index is 0.00808. The molecule has 2 heterocycles. The van der Waals surface area contributed by atoms with Crippen LogP contribution in [-0.4, -0.2) is 66.1 Å². The van der Waals surface area contributed by atoms with Crippen molar-refractivity contribution in [3.8, 4) is 11.4 Å². The molecule has 1 atom stereocenters. The summed E-state index contributed by atoms with van der Waals surface area (Å²) in [6.45, 7) is 1.00. The fourth-order valence-electron chi connectivity index (χ4n) is 2.90. The van der Waals surface area contributed by atoms with Gasteiger partial charge in [0.25, 0.3) is 0 Å². The van der Waals surface area contributed by atoms with E-state index >= 15 is 0 Å². The number of amides is 1. The number of hydrogen-bond acceptors (Lipinski definition) is 7. The van der Waals surface area contributed by atoms with Crippen LogP contribution in [-0.2, 0) is 25.9 Å². The van der Waals surface area contributed by atoms with Gasteiger partial charge in [-0.15, -0.1) is 10.2 Å². The van der Waals surface area contributed by atoms with Crippen molar-refractivity contribution in [3.63, 3.8) is 0 Å². The van der Waals surface area contributed by atoms with E-state index in [0.717, 1.165) is 5.56 Å². The summed E-state index contributed by atoms with van der Waals surface area (Å²) in [5.74, 6) is 0.706. The zero-order chi connectivity index (χ0) is 20.1. The normalized spacial score (nSPS) is 18.3. The molecule has 0 aliphatic carbocycles. The lowest BCUT2D eigenvalue weighted by Crippen LogP contribution is -2.36. The number of hydrogen-bond donors (Lipinski definition) is 1. The molecule has 1 N–H and O–H groups in total. The summed E-state index contributed by atoms with van der Waals surface area (Å²) in [7, 11) is -1.41. The van der Waals surface area contributed by atoms with Crippen molar-refractivity contribution in [2.45, 2.75) is 24.2 Å². The number of halogens is 1. The Hall–Kier alpha value is -1.62. The monoisotopic (exact) mass is 444 g/mol. The van der Waals surface area contributed by atoms with Gasteiger partial charge in [-0.2, -0.15) is 0 Å². The number of sulfone groups is 1. The number of carbonyl (C=O) groups is 1. The minimum Gasteiger partial charge on any atom is -0.383 e. The van der Waals surface area contributed by atoms with Gasteiger partial charge in [0, 0.05) is 23.7 Å². The van der Waals surface area contributed by atoms with Gasteiger partial charge in [-0.1, -0.05) is 23.4 Å². The molecule has 1 aliphatic heterocycles. The van der Waals surface area contributed by atoms with E-state index < -0.39 is 9.84 Å². The highest BCUT2D eigenvalue weighted by molar-refractivity contribution is 7.99. The molecule has 152 valence electrons. The van der Waals surface area contributed by atoms with Crippen LogP contribution in [0.5, 0.6) is 0 Å². The average Bonchev–Trinajstić information content (AvgIpc) is 3.21. The first-order valence-corrected chi connectivity index (χ1v) is 11.9. The Morgan fingerprint density at radius 1 is 1.36 bits per heavy atom. The summed E-state index contributed by atoms with van der Waals surface area (Å²) in [4.78, 5) is 12.2. The molecular weight excluding hydrogens is 424 g/mol. The lowest BCUT2D eigenvalue weighted by Gasteiger charge is -2.12. The highest BCUT2D eigenvalue weighted by Gasteiger charge is 2.29. The first kappa shape index (κ1) is 21.1. The first-order chi connectivity index (χ1) is 13.4. The van der Waals surface area contributed by atoms with Crippen LogP contribution in [0.25, 0.3) is 11.4 Å². The lowest BCUT2D eigenvalue weighted by molar-refractivity contribution is -0.119. The highest BCUT2D eigenvalue weighted by Crippen LogP contribution is 2.25. The van der Waals surface area contributed by atoms with Crippen molar-refractivity contribution in [2.75, 3.05) is 31.0 Å². The van der Waals surface area contributed by atoms with E-state index in [9.17, 15) is 13.2 Å². The largest absolute Gasteiger partial charge is 0.383 e. The van der Waals surface area contributed by atoms with E-state index in [4.69, 9.17) is 16.3 Å². The van der Waals surface area contributed by atoms with Crippen molar-refractivity contribution in [2.24, 2.45) is 0 Å². The van der Waals surface area contributed by atoms with Crippen LogP contribution < -0.4 is 5.32 Å². The van der Waals surface area contributed by atoms with Gasteiger partial charge in [0.05, 0.1) is 30.4 Å². The summed E-state index contributed by atoms with van der Waals surface area (Å²) < 4.78 is 30.1. The van der Waals surface area contributed by atoms with Crippen molar-refractivity contribution >= 4 is 39.1 Å². The van der Waals surface area contributed by atoms with Crippen LogP contribution in [0.4, 0.5) is 0 Å². The summed E-state index contributed by atoms with van der Waals surface area (Å²) in [6.07, 6.45) is 0.462. The van der Waals surface area contributed by atoms with Gasteiger partial charge >= 0.3 is 0 Å². The van der Waals surface area contributed by atoms with Crippen molar-refractivity contribution in [3.05, 3.63) is 29.3 Å². The van der Waals surface area contributed by atoms with Gasteiger partial charge in [-0.05, 0) is 30.7 Å². The summed E-state index contributed by atoms with van der Waals surface area (Å²) in [6, 6.07) is 6.97. The molecule has 1 amide bonds. The number of nitrogens with one attached hydrogen (secondary N) is 1. The number of thioether (sulfide) groups is 1. The van der Waals surface area contributed by atoms with Crippen LogP contribution >= 0.6 is 23.4 Å². The maximum absolute atomic E-state index is 12.2. The second-order valence-corrected chi connectivity index (χ2v) is 10.0. The maximum atomic E-state index is 12.2. The topological polar surface area (TPSA) is 103 Å². The Bertz CT molecular complexity index is 931. The minimum atomic E-state index is -3.03. The van der Waals surface area contributed by atoms with Crippen molar-refractivity contribution < 1.29 is 17.9 Å². The van der Waals surface area contributed by atoms with Gasteiger partial charge in [0.1, 0.15) is 0 Å². The van der Waals surface area contributed by atoms with Gasteiger partial charge in [0.2, 0.25) is 5.91 Å². The van der Waals surface area contributed by atoms with Crippen molar-refractivity contribution in [1.82, 2.24) is 20.1 Å². The van der Waals surface area contributed by atoms with E-state index in [2.05, 4.69) is 15.5 Å². The van der Waals surface area contributed by atoms with Gasteiger partial charge in [-0.25, -0.2) is 8.42 Å². The van der Waals surface area contributed by atoms with E-state index in [1.807, 2.05) is 16.7 Å². The molecule has 11 heteroatoms. The zero-order valence-corrected chi connectivity index (χ0v) is 17.7. The second-order valence-electron chi connectivity index (χ2n) is 6.41. The van der Waals surface area contributed by atoms with E-state index in [-0.39, 0.29) is 29.2 Å². The molecule has 1 unspecified atom stereocenters. The van der Waals surface area contributed by atoms with Crippen LogP contribution in [0, 0.1) is 0 Å². The summed E-state index contributed by atoms with van der Waals surface area (Å²) in [5.41, 5.74) is 0.862. The Morgan fingerprint density at radius 2 is 2.11 bits per heavy atom. The smallest absolute Gasteiger partial charge is 0.230 e. The van der Waals surface area contributed by atoms with Crippen LogP contribution in [0.2, 0.25) is 5.02 Å². The fourth-order valence-corrected chi connectivity index (χ4v) is 5.48. The molecular formula is C17H21ClN4O4S2. The molecule has 8 nitrogen and oxygen atoms in total. The SMILES string of the molecule is COCCn1c(SCC(=O)NC2CCS(=O)(=O)C2)nnc1-c1ccc(Cl)cc1. The number of carbonyl (C=O) groups excluding carboxylic acids is 1. The predicted octanol–water partition coefficient (Wildman–Crippen LogP) is 1.64. The van der Waals surface area contributed by atoms with Crippen LogP contribution in [0.1, 0.15) is 6.42 Å². The number of ether oxygens (including phenoxy) is 1. The number of aromatic nitrogens is 3. The molecule has 1 aromatic heterocycles. The van der Waals surface area contributed by atoms with Gasteiger partial charge in [0.15, 0.2) is 20.8 Å². The fraction of sp³-hybridized carbons (Fsp3) is 0.471. The second kappa shape index (κ2) is 9.25. The standard InChI is InChI=1S/C17H21ClN4O4S2/c1-26-8-7-22-16(12-2-4-13(18)5-3-12)20-21-17(22)27-10-15(23)19-14-6-9-28(24,25)11-14/h2-5,14H,6-11H2,1H3,(H,19,23). The number of methoxy groups -OCH3 is 1. The number of rotatable bonds is 8. The van der Waals surface area contributed by atoms with Crippen LogP contribution in [0.3, 0.4) is 0 Å². The van der Waals surface area contributed by atoms with E-state index in [0.29, 0.717) is 35.6 Å². The number of benzene rings is 1. The third-order valence-electron chi connectivity index (χ3n) is 4.27. The maximum Gasteiger partial charge on any atom is 0.230 e. The lowest BCUT2D eigenvalue weighted by atomic mass is 10.2. The van der Waals surface area contributed by atoms with Gasteiger partial charge < -0.3 is 10.1 Å². The molecule has 0 radical (unpaired) electrons. The molecule has 0 saturated carbocycles. The molecule has 3 rings (SSSR count). The third kappa shape index (κ3) is 5.47. The molecule has 0 bridgehead atoms. The first-order valence-electron chi connectivity index (χ1n) is 8.68. The van der Waals surface area contributed by atoms with Gasteiger partial charge in [-0.3, -0.25) is 9.36 Å². The highest BCUT2D eigenvalue weighted by atomic mass is 35.5. The van der Waals surface area contributed by atoms with Crippen LogP contribution in [0.15, 0.2) is 29.4 Å². The molecule has 1 saturated heterocycles. The van der Waals surface area contributed by atoms with E-state index in [1.165, 1.54) is 11.8 Å². The zero-order valence-electron chi connectivity index (χ0n) is 15.3. The Kier molecular flexibility index (Phi) is 6.97. The quantitative estimate of drug-likeness (QED) is 0.617. The number of nitrogens with zero attached hydrogens (tertiary/aromatic N) is 3. The predicted molar refractivity (Wildman–Crippen MR) is 108 cm³/mol. The average molecular weight is 445 g/mol. The van der Waals surface area contributed by atoms with E-state index in [1.54, 1.807) is 19.2 Å². The third-order valence-corrected chi connectivity index (χ3v) is 7.25. The molecule has 0 spiro atoms. The summed E-state index contributed by atoms with van der Waals surface area (Å²) >= 11 is 7.20. The Balaban J connectivity index is 1.67. The van der Waals surface area contributed by atoms with Crippen molar-refractivity contribution in [1.29, 1.82) is 0 Å². The molecule has 1 aromatic carbocycles. The molecule has 2 aromatic rings. The molecule has 1 fully saturated rings. The molecule has 1 aliphatic rings. The molecule has 28 heavy (non-hydrogen) atoms.